The van der Waals surface area contributed by atoms with Crippen LogP contribution in [0.5, 0.6) is 0 Å². The number of rotatable bonds is 3. The van der Waals surface area contributed by atoms with E-state index in [1.54, 1.807) is 6.20 Å². The third-order valence-corrected chi connectivity index (χ3v) is 3.79. The number of nitrogens with two attached hydrogens (primary N) is 1. The molecule has 5 heteroatoms. The summed E-state index contributed by atoms with van der Waals surface area (Å²) in [4.78, 5) is 4.28. The summed E-state index contributed by atoms with van der Waals surface area (Å²) in [6.45, 7) is 0. The Labute approximate surface area is 124 Å². The van der Waals surface area contributed by atoms with Crippen molar-refractivity contribution in [1.29, 1.82) is 0 Å². The molecule has 0 amide bonds. The maximum Gasteiger partial charge on any atom is 0.0575 e. The SMILES string of the molecule is NC(Cc1c(Cl)cccc1Cl)c1ccc(Br)cn1. The van der Waals surface area contributed by atoms with Crippen LogP contribution in [0, 0.1) is 0 Å². The zero-order valence-electron chi connectivity index (χ0n) is 9.41. The topological polar surface area (TPSA) is 38.9 Å². The summed E-state index contributed by atoms with van der Waals surface area (Å²) in [5.74, 6) is 0. The number of hydrogen-bond donors (Lipinski definition) is 1. The van der Waals surface area contributed by atoms with Crippen LogP contribution in [0.1, 0.15) is 17.3 Å². The van der Waals surface area contributed by atoms with Crippen molar-refractivity contribution >= 4 is 39.1 Å². The predicted molar refractivity (Wildman–Crippen MR) is 79.0 cm³/mol. The number of aromatic nitrogens is 1. The molecular formula is C13H11BrCl2N2. The van der Waals surface area contributed by atoms with Gasteiger partial charge in [0.15, 0.2) is 0 Å². The largest absolute Gasteiger partial charge is 0.322 e. The van der Waals surface area contributed by atoms with Crippen LogP contribution in [-0.2, 0) is 6.42 Å². The average Bonchev–Trinajstić information content (AvgIpc) is 2.34. The standard InChI is InChI=1S/C13H11BrCl2N2/c14-8-4-5-13(18-7-8)12(17)6-9-10(15)2-1-3-11(9)16/h1-5,7,12H,6,17H2. The summed E-state index contributed by atoms with van der Waals surface area (Å²) >= 11 is 15.6. The van der Waals surface area contributed by atoms with Gasteiger partial charge >= 0.3 is 0 Å². The monoisotopic (exact) mass is 344 g/mol. The van der Waals surface area contributed by atoms with Gasteiger partial charge < -0.3 is 5.73 Å². The highest BCUT2D eigenvalue weighted by Gasteiger charge is 2.13. The van der Waals surface area contributed by atoms with Gasteiger partial charge in [-0.1, -0.05) is 29.3 Å². The zero-order chi connectivity index (χ0) is 13.1. The third-order valence-electron chi connectivity index (χ3n) is 2.62. The molecule has 0 saturated heterocycles. The van der Waals surface area contributed by atoms with Crippen LogP contribution >= 0.6 is 39.1 Å². The van der Waals surface area contributed by atoms with E-state index in [2.05, 4.69) is 20.9 Å². The Kier molecular flexibility index (Phi) is 4.62. The first-order chi connectivity index (χ1) is 8.58. The molecule has 2 rings (SSSR count). The van der Waals surface area contributed by atoms with Crippen molar-refractivity contribution in [2.24, 2.45) is 5.73 Å². The Morgan fingerprint density at radius 3 is 2.39 bits per heavy atom. The normalized spacial score (nSPS) is 12.4. The van der Waals surface area contributed by atoms with E-state index in [0.717, 1.165) is 15.7 Å². The van der Waals surface area contributed by atoms with Gasteiger partial charge in [0.2, 0.25) is 0 Å². The van der Waals surface area contributed by atoms with E-state index in [4.69, 9.17) is 28.9 Å². The number of pyridine rings is 1. The van der Waals surface area contributed by atoms with Crippen molar-refractivity contribution < 1.29 is 0 Å². The molecule has 0 radical (unpaired) electrons. The number of hydrogen-bond acceptors (Lipinski definition) is 2. The van der Waals surface area contributed by atoms with E-state index in [0.29, 0.717) is 16.5 Å². The Morgan fingerprint density at radius 1 is 1.17 bits per heavy atom. The highest BCUT2D eigenvalue weighted by molar-refractivity contribution is 9.10. The molecular weight excluding hydrogens is 335 g/mol. The van der Waals surface area contributed by atoms with Crippen molar-refractivity contribution in [1.82, 2.24) is 4.98 Å². The molecule has 2 N–H and O–H groups in total. The summed E-state index contributed by atoms with van der Waals surface area (Å²) in [7, 11) is 0. The minimum atomic E-state index is -0.226. The first-order valence-electron chi connectivity index (χ1n) is 5.38. The van der Waals surface area contributed by atoms with Crippen molar-refractivity contribution in [2.45, 2.75) is 12.5 Å². The van der Waals surface area contributed by atoms with Crippen molar-refractivity contribution in [3.8, 4) is 0 Å². The van der Waals surface area contributed by atoms with Gasteiger partial charge in [0.25, 0.3) is 0 Å². The van der Waals surface area contributed by atoms with E-state index < -0.39 is 0 Å². The molecule has 0 aliphatic heterocycles. The van der Waals surface area contributed by atoms with E-state index in [1.165, 1.54) is 0 Å². The van der Waals surface area contributed by atoms with E-state index in [-0.39, 0.29) is 6.04 Å². The molecule has 1 heterocycles. The molecule has 1 aromatic heterocycles. The van der Waals surface area contributed by atoms with Crippen LogP contribution in [0.2, 0.25) is 10.0 Å². The lowest BCUT2D eigenvalue weighted by Gasteiger charge is -2.13. The van der Waals surface area contributed by atoms with Gasteiger partial charge in [0.1, 0.15) is 0 Å². The maximum absolute atomic E-state index is 6.12. The quantitative estimate of drug-likeness (QED) is 0.895. The molecule has 94 valence electrons. The van der Waals surface area contributed by atoms with Gasteiger partial charge in [-0.2, -0.15) is 0 Å². The van der Waals surface area contributed by atoms with Gasteiger partial charge in [0.05, 0.1) is 11.7 Å². The summed E-state index contributed by atoms with van der Waals surface area (Å²) in [5.41, 5.74) is 7.79. The fraction of sp³-hybridized carbons (Fsp3) is 0.154. The van der Waals surface area contributed by atoms with Crippen LogP contribution in [0.25, 0.3) is 0 Å². The molecule has 1 unspecified atom stereocenters. The highest BCUT2D eigenvalue weighted by atomic mass is 79.9. The molecule has 0 aliphatic rings. The molecule has 0 bridgehead atoms. The van der Waals surface area contributed by atoms with Gasteiger partial charge in [0, 0.05) is 20.7 Å². The van der Waals surface area contributed by atoms with Crippen molar-refractivity contribution in [3.05, 3.63) is 62.3 Å². The van der Waals surface area contributed by atoms with Crippen LogP contribution < -0.4 is 5.73 Å². The third kappa shape index (κ3) is 3.23. The number of halogens is 3. The van der Waals surface area contributed by atoms with E-state index in [9.17, 15) is 0 Å². The Bertz CT molecular complexity index is 523. The molecule has 2 aromatic rings. The molecule has 1 aromatic carbocycles. The average molecular weight is 346 g/mol. The van der Waals surface area contributed by atoms with Crippen LogP contribution in [0.4, 0.5) is 0 Å². The second-order valence-corrected chi connectivity index (χ2v) is 5.64. The first-order valence-corrected chi connectivity index (χ1v) is 6.92. The lowest BCUT2D eigenvalue weighted by molar-refractivity contribution is 0.696. The molecule has 0 fully saturated rings. The summed E-state index contributed by atoms with van der Waals surface area (Å²) in [6, 6.07) is 9.01. The molecule has 0 saturated carbocycles. The van der Waals surface area contributed by atoms with E-state index in [1.807, 2.05) is 30.3 Å². The van der Waals surface area contributed by atoms with Crippen molar-refractivity contribution in [3.63, 3.8) is 0 Å². The molecule has 2 nitrogen and oxygen atoms in total. The van der Waals surface area contributed by atoms with Gasteiger partial charge in [-0.05, 0) is 52.2 Å². The zero-order valence-corrected chi connectivity index (χ0v) is 12.5. The van der Waals surface area contributed by atoms with Crippen LogP contribution in [0.3, 0.4) is 0 Å². The molecule has 18 heavy (non-hydrogen) atoms. The highest BCUT2D eigenvalue weighted by Crippen LogP contribution is 2.28. The molecule has 1 atom stereocenters. The Balaban J connectivity index is 2.21. The second-order valence-electron chi connectivity index (χ2n) is 3.91. The minimum absolute atomic E-state index is 0.226. The number of nitrogens with zero attached hydrogens (tertiary/aromatic N) is 1. The smallest absolute Gasteiger partial charge is 0.0575 e. The number of benzene rings is 1. The summed E-state index contributed by atoms with van der Waals surface area (Å²) < 4.78 is 0.925. The fourth-order valence-electron chi connectivity index (χ4n) is 1.66. The van der Waals surface area contributed by atoms with Crippen LogP contribution in [-0.4, -0.2) is 4.98 Å². The van der Waals surface area contributed by atoms with Crippen LogP contribution in [0.15, 0.2) is 41.0 Å². The Hall–Kier alpha value is -0.610. The minimum Gasteiger partial charge on any atom is -0.322 e. The maximum atomic E-state index is 6.12. The molecule has 0 aliphatic carbocycles. The first kappa shape index (κ1) is 13.8. The molecule has 0 spiro atoms. The predicted octanol–water partition coefficient (Wildman–Crippen LogP) is 4.39. The second kappa shape index (κ2) is 6.02. The van der Waals surface area contributed by atoms with Gasteiger partial charge in [-0.15, -0.1) is 0 Å². The van der Waals surface area contributed by atoms with Gasteiger partial charge in [-0.25, -0.2) is 0 Å². The lowest BCUT2D eigenvalue weighted by atomic mass is 10.0. The van der Waals surface area contributed by atoms with Crippen molar-refractivity contribution in [2.75, 3.05) is 0 Å². The van der Waals surface area contributed by atoms with Gasteiger partial charge in [-0.3, -0.25) is 4.98 Å². The van der Waals surface area contributed by atoms with E-state index >= 15 is 0 Å². The summed E-state index contributed by atoms with van der Waals surface area (Å²) in [5, 5.41) is 1.27. The Morgan fingerprint density at radius 2 is 1.83 bits per heavy atom. The fourth-order valence-corrected chi connectivity index (χ4v) is 2.44. The lowest BCUT2D eigenvalue weighted by Crippen LogP contribution is -2.15. The summed E-state index contributed by atoms with van der Waals surface area (Å²) in [6.07, 6.45) is 2.29.